The van der Waals surface area contributed by atoms with Crippen molar-refractivity contribution < 1.29 is 23.7 Å². The topological polar surface area (TPSA) is 87.9 Å². The van der Waals surface area contributed by atoms with Gasteiger partial charge in [-0.05, 0) is 113 Å². The van der Waals surface area contributed by atoms with Gasteiger partial charge in [0, 0.05) is 37.8 Å². The Kier molecular flexibility index (Phi) is 9.32. The van der Waals surface area contributed by atoms with Gasteiger partial charge >= 0.3 is 6.09 Å². The van der Waals surface area contributed by atoms with Crippen molar-refractivity contribution in [3.05, 3.63) is 41.6 Å². The van der Waals surface area contributed by atoms with E-state index in [1.807, 2.05) is 54.6 Å². The summed E-state index contributed by atoms with van der Waals surface area (Å²) in [6.45, 7) is 14.7. The fourth-order valence-corrected chi connectivity index (χ4v) is 6.46. The molecule has 4 heterocycles. The second-order valence-electron chi connectivity index (χ2n) is 13.7. The summed E-state index contributed by atoms with van der Waals surface area (Å²) in [5, 5.41) is 6.10. The number of rotatable bonds is 8. The van der Waals surface area contributed by atoms with Crippen LogP contribution < -0.4 is 4.74 Å². The van der Waals surface area contributed by atoms with E-state index in [4.69, 9.17) is 29.0 Å². The normalized spacial score (nSPS) is 20.8. The number of amides is 1. The molecule has 5 rings (SSSR count). The van der Waals surface area contributed by atoms with E-state index >= 15 is 0 Å². The van der Waals surface area contributed by atoms with Crippen LogP contribution in [0.1, 0.15) is 84.2 Å². The molecule has 0 bridgehead atoms. The lowest BCUT2D eigenvalue weighted by molar-refractivity contribution is -0.0371. The summed E-state index contributed by atoms with van der Waals surface area (Å²) in [4.78, 5) is 19.9. The number of carbonyl (C=O) groups is 1. The van der Waals surface area contributed by atoms with Gasteiger partial charge in [-0.3, -0.25) is 0 Å². The number of benzene rings is 1. The summed E-state index contributed by atoms with van der Waals surface area (Å²) in [6.07, 6.45) is 5.70. The number of likely N-dealkylation sites (tertiary alicyclic amines) is 1. The monoisotopic (exact) mass is 592 g/mol. The van der Waals surface area contributed by atoms with Crippen molar-refractivity contribution in [2.75, 3.05) is 33.6 Å². The number of ether oxygens (including phenoxy) is 4. The molecule has 9 heteroatoms. The number of pyridine rings is 1. The zero-order chi connectivity index (χ0) is 30.8. The van der Waals surface area contributed by atoms with Crippen LogP contribution in [-0.2, 0) is 20.6 Å². The van der Waals surface area contributed by atoms with Crippen LogP contribution in [0.4, 0.5) is 4.79 Å². The van der Waals surface area contributed by atoms with Crippen LogP contribution in [0.2, 0.25) is 0 Å². The van der Waals surface area contributed by atoms with Gasteiger partial charge in [0.2, 0.25) is 0 Å². The highest BCUT2D eigenvalue weighted by molar-refractivity contribution is 5.85. The molecule has 2 aromatic heterocycles. The molecule has 0 radical (unpaired) electrons. The molecule has 0 N–H and O–H groups in total. The molecule has 43 heavy (non-hydrogen) atoms. The summed E-state index contributed by atoms with van der Waals surface area (Å²) >= 11 is 0. The van der Waals surface area contributed by atoms with E-state index in [2.05, 4.69) is 26.8 Å². The second-order valence-corrected chi connectivity index (χ2v) is 13.7. The standard InChI is InChI=1S/C34H48N4O5/c1-23-30-25(11-14-26-17-18-37(21-34(26,5)6)32(39)43-33(2,3)4)20-28(24-12-15-27(16-13-24)42-22-40-7)35-31(30)38(36-23)29-10-8-9-19-41-29/h12-13,15-16,20,26,29H,8-11,14,17-19,21-22H2,1-7H3. The molecule has 2 saturated heterocycles. The van der Waals surface area contributed by atoms with Crippen LogP contribution in [0.5, 0.6) is 5.75 Å². The Morgan fingerprint density at radius 3 is 2.56 bits per heavy atom. The first kappa shape index (κ1) is 31.3. The maximum absolute atomic E-state index is 12.8. The molecule has 2 aliphatic heterocycles. The van der Waals surface area contributed by atoms with Crippen molar-refractivity contribution in [3.8, 4) is 17.0 Å². The number of aromatic nitrogens is 3. The van der Waals surface area contributed by atoms with Crippen molar-refractivity contribution >= 4 is 17.1 Å². The lowest BCUT2D eigenvalue weighted by Crippen LogP contribution is -2.49. The molecule has 9 nitrogen and oxygen atoms in total. The van der Waals surface area contributed by atoms with Crippen LogP contribution in [0.3, 0.4) is 0 Å². The average Bonchev–Trinajstić information content (AvgIpc) is 3.31. The Labute approximate surface area is 255 Å². The van der Waals surface area contributed by atoms with Crippen molar-refractivity contribution in [1.82, 2.24) is 19.7 Å². The first-order valence-corrected chi connectivity index (χ1v) is 15.7. The van der Waals surface area contributed by atoms with E-state index in [0.29, 0.717) is 19.0 Å². The molecule has 0 aliphatic carbocycles. The van der Waals surface area contributed by atoms with Gasteiger partial charge in [-0.1, -0.05) is 13.8 Å². The third kappa shape index (κ3) is 7.32. The second kappa shape index (κ2) is 12.8. The number of hydrogen-bond acceptors (Lipinski definition) is 7. The minimum atomic E-state index is -0.495. The predicted molar refractivity (Wildman–Crippen MR) is 167 cm³/mol. The Balaban J connectivity index is 1.42. The molecular formula is C34H48N4O5. The minimum absolute atomic E-state index is 0.0304. The molecule has 2 fully saturated rings. The van der Waals surface area contributed by atoms with Crippen molar-refractivity contribution in [2.24, 2.45) is 11.3 Å². The molecule has 2 unspecified atom stereocenters. The highest BCUT2D eigenvalue weighted by Crippen LogP contribution is 2.40. The van der Waals surface area contributed by atoms with Crippen LogP contribution in [0.25, 0.3) is 22.3 Å². The van der Waals surface area contributed by atoms with Gasteiger partial charge in [0.25, 0.3) is 0 Å². The van der Waals surface area contributed by atoms with Crippen LogP contribution in [-0.4, -0.2) is 65.0 Å². The van der Waals surface area contributed by atoms with E-state index in [9.17, 15) is 4.79 Å². The van der Waals surface area contributed by atoms with E-state index in [-0.39, 0.29) is 24.5 Å². The summed E-state index contributed by atoms with van der Waals surface area (Å²) in [7, 11) is 1.61. The predicted octanol–water partition coefficient (Wildman–Crippen LogP) is 7.30. The first-order valence-electron chi connectivity index (χ1n) is 15.7. The van der Waals surface area contributed by atoms with Crippen molar-refractivity contribution in [1.29, 1.82) is 0 Å². The molecular weight excluding hydrogens is 544 g/mol. The highest BCUT2D eigenvalue weighted by atomic mass is 16.7. The number of carbonyl (C=O) groups excluding carboxylic acids is 1. The maximum atomic E-state index is 12.8. The summed E-state index contributed by atoms with van der Waals surface area (Å²) in [6, 6.07) is 10.2. The van der Waals surface area contributed by atoms with Crippen LogP contribution in [0, 0.1) is 18.3 Å². The molecule has 2 aliphatic rings. The zero-order valence-corrected chi connectivity index (χ0v) is 26.9. The van der Waals surface area contributed by atoms with Gasteiger partial charge in [-0.2, -0.15) is 5.10 Å². The molecule has 0 spiro atoms. The molecule has 1 amide bonds. The lowest BCUT2D eigenvalue weighted by atomic mass is 9.71. The largest absolute Gasteiger partial charge is 0.468 e. The van der Waals surface area contributed by atoms with Gasteiger partial charge in [0.05, 0.1) is 11.4 Å². The van der Waals surface area contributed by atoms with E-state index in [1.54, 1.807) is 7.11 Å². The van der Waals surface area contributed by atoms with Gasteiger partial charge in [0.1, 0.15) is 11.4 Å². The third-order valence-corrected chi connectivity index (χ3v) is 8.71. The average molecular weight is 593 g/mol. The third-order valence-electron chi connectivity index (χ3n) is 8.71. The van der Waals surface area contributed by atoms with Gasteiger partial charge in [-0.25, -0.2) is 14.5 Å². The van der Waals surface area contributed by atoms with E-state index in [0.717, 1.165) is 78.9 Å². The van der Waals surface area contributed by atoms with Crippen molar-refractivity contribution in [3.63, 3.8) is 0 Å². The number of nitrogens with zero attached hydrogens (tertiary/aromatic N) is 4. The molecule has 1 aromatic carbocycles. The Morgan fingerprint density at radius 2 is 1.91 bits per heavy atom. The number of piperidine rings is 1. The fraction of sp³-hybridized carbons (Fsp3) is 0.618. The van der Waals surface area contributed by atoms with Gasteiger partial charge < -0.3 is 23.8 Å². The number of fused-ring (bicyclic) bond motifs is 1. The van der Waals surface area contributed by atoms with Crippen molar-refractivity contribution in [2.45, 2.75) is 91.9 Å². The fourth-order valence-electron chi connectivity index (χ4n) is 6.46. The van der Waals surface area contributed by atoms with Gasteiger partial charge in [-0.15, -0.1) is 0 Å². The van der Waals surface area contributed by atoms with E-state index in [1.165, 1.54) is 5.56 Å². The summed E-state index contributed by atoms with van der Waals surface area (Å²) in [5.41, 5.74) is 4.54. The summed E-state index contributed by atoms with van der Waals surface area (Å²) in [5.74, 6) is 1.22. The molecule has 3 aromatic rings. The van der Waals surface area contributed by atoms with Crippen LogP contribution >= 0.6 is 0 Å². The Hall–Kier alpha value is -3.17. The van der Waals surface area contributed by atoms with E-state index < -0.39 is 5.60 Å². The first-order chi connectivity index (χ1) is 20.4. The number of hydrogen-bond donors (Lipinski definition) is 0. The van der Waals surface area contributed by atoms with Crippen LogP contribution in [0.15, 0.2) is 30.3 Å². The van der Waals surface area contributed by atoms with Gasteiger partial charge in [0.15, 0.2) is 18.7 Å². The Morgan fingerprint density at radius 1 is 1.14 bits per heavy atom. The number of methoxy groups -OCH3 is 1. The number of aryl methyl sites for hydroxylation is 2. The zero-order valence-electron chi connectivity index (χ0n) is 26.9. The maximum Gasteiger partial charge on any atom is 0.410 e. The smallest absolute Gasteiger partial charge is 0.410 e. The summed E-state index contributed by atoms with van der Waals surface area (Å²) < 4.78 is 24.5. The SMILES string of the molecule is COCOc1ccc(-c2cc(CCC3CCN(C(=O)OC(C)(C)C)CC3(C)C)c3c(C)nn(C4CCCCO4)c3n2)cc1. The lowest BCUT2D eigenvalue weighted by Gasteiger charge is -2.44. The Bertz CT molecular complexity index is 1400. The quantitative estimate of drug-likeness (QED) is 0.254. The molecule has 2 atom stereocenters. The molecule has 234 valence electrons. The molecule has 0 saturated carbocycles. The minimum Gasteiger partial charge on any atom is -0.468 e. The highest BCUT2D eigenvalue weighted by Gasteiger charge is 2.38.